The average molecular weight is 624 g/mol. The molecule has 0 saturated carbocycles. The van der Waals surface area contributed by atoms with Gasteiger partial charge in [-0.3, -0.25) is 13.9 Å². The van der Waals surface area contributed by atoms with Crippen LogP contribution in [-0.4, -0.2) is 57.5 Å². The summed E-state index contributed by atoms with van der Waals surface area (Å²) in [5.74, 6) is -0.195. The molecule has 0 radical (unpaired) electrons. The molecule has 0 heterocycles. The van der Waals surface area contributed by atoms with Crippen LogP contribution in [0.2, 0.25) is 0 Å². The van der Waals surface area contributed by atoms with Gasteiger partial charge in [0.2, 0.25) is 11.8 Å². The van der Waals surface area contributed by atoms with E-state index in [9.17, 15) is 18.0 Å². The Morgan fingerprint density at radius 3 is 2.05 bits per heavy atom. The van der Waals surface area contributed by atoms with Gasteiger partial charge in [0.05, 0.1) is 24.8 Å². The highest BCUT2D eigenvalue weighted by Crippen LogP contribution is 2.33. The summed E-state index contributed by atoms with van der Waals surface area (Å²) in [5, 5.41) is 2.99. The maximum atomic E-state index is 14.4. The molecule has 0 spiro atoms. The molecular weight excluding hydrogens is 578 g/mol. The van der Waals surface area contributed by atoms with Gasteiger partial charge in [0.1, 0.15) is 12.6 Å². The van der Waals surface area contributed by atoms with Crippen molar-refractivity contribution in [2.75, 3.05) is 25.1 Å². The SMILES string of the molecule is CCC(C(=O)NC(C)(C)C)N(Cc1cccc(C)c1)C(=O)CN(c1cc(C)cc(C)c1)S(=O)(=O)c1ccc(OC)c(OC)c1. The smallest absolute Gasteiger partial charge is 0.264 e. The molecule has 10 heteroatoms. The Morgan fingerprint density at radius 1 is 0.864 bits per heavy atom. The summed E-state index contributed by atoms with van der Waals surface area (Å²) in [6.07, 6.45) is 0.339. The molecule has 0 aliphatic heterocycles. The number of rotatable bonds is 12. The molecule has 0 aliphatic carbocycles. The summed E-state index contributed by atoms with van der Waals surface area (Å²) in [5.41, 5.74) is 3.34. The molecule has 238 valence electrons. The lowest BCUT2D eigenvalue weighted by molar-refractivity contribution is -0.141. The lowest BCUT2D eigenvalue weighted by Gasteiger charge is -2.35. The van der Waals surface area contributed by atoms with Gasteiger partial charge in [0.15, 0.2) is 11.5 Å². The van der Waals surface area contributed by atoms with Crippen molar-refractivity contribution in [3.8, 4) is 11.5 Å². The third-order valence-corrected chi connectivity index (χ3v) is 8.81. The highest BCUT2D eigenvalue weighted by Gasteiger charge is 2.35. The molecule has 3 rings (SSSR count). The summed E-state index contributed by atoms with van der Waals surface area (Å²) in [6.45, 7) is 12.8. The number of carbonyl (C=O) groups excluding carboxylic acids is 2. The molecule has 1 N–H and O–H groups in total. The number of anilines is 1. The Labute approximate surface area is 262 Å². The molecule has 1 atom stereocenters. The highest BCUT2D eigenvalue weighted by molar-refractivity contribution is 7.92. The third kappa shape index (κ3) is 8.53. The zero-order valence-electron chi connectivity index (χ0n) is 27.2. The fourth-order valence-electron chi connectivity index (χ4n) is 5.11. The Bertz CT molecular complexity index is 1580. The summed E-state index contributed by atoms with van der Waals surface area (Å²) in [7, 11) is -1.39. The summed E-state index contributed by atoms with van der Waals surface area (Å²) in [4.78, 5) is 29.3. The van der Waals surface area contributed by atoms with Gasteiger partial charge >= 0.3 is 0 Å². The summed E-state index contributed by atoms with van der Waals surface area (Å²) in [6, 6.07) is 16.6. The number of ether oxygens (including phenoxy) is 2. The molecule has 2 amide bonds. The zero-order chi connectivity index (χ0) is 32.8. The molecule has 0 aromatic heterocycles. The first-order valence-corrected chi connectivity index (χ1v) is 16.0. The lowest BCUT2D eigenvalue weighted by Crippen LogP contribution is -2.55. The molecule has 44 heavy (non-hydrogen) atoms. The van der Waals surface area contributed by atoms with E-state index in [0.717, 1.165) is 26.6 Å². The Kier molecular flexibility index (Phi) is 11.1. The largest absolute Gasteiger partial charge is 0.493 e. The van der Waals surface area contributed by atoms with Crippen LogP contribution in [0.5, 0.6) is 11.5 Å². The Balaban J connectivity index is 2.15. The lowest BCUT2D eigenvalue weighted by atomic mass is 10.0. The predicted molar refractivity (Wildman–Crippen MR) is 174 cm³/mol. The van der Waals surface area contributed by atoms with Crippen LogP contribution in [0.1, 0.15) is 56.4 Å². The van der Waals surface area contributed by atoms with E-state index >= 15 is 0 Å². The second-order valence-electron chi connectivity index (χ2n) is 12.0. The summed E-state index contributed by atoms with van der Waals surface area (Å²) < 4.78 is 40.4. The number of aryl methyl sites for hydroxylation is 3. The van der Waals surface area contributed by atoms with Gasteiger partial charge in [0, 0.05) is 18.2 Å². The number of hydrogen-bond acceptors (Lipinski definition) is 6. The average Bonchev–Trinajstić information content (AvgIpc) is 2.93. The van der Waals surface area contributed by atoms with Crippen molar-refractivity contribution in [1.29, 1.82) is 0 Å². The van der Waals surface area contributed by atoms with Crippen LogP contribution in [0.4, 0.5) is 5.69 Å². The first-order valence-electron chi connectivity index (χ1n) is 14.6. The van der Waals surface area contributed by atoms with Crippen LogP contribution >= 0.6 is 0 Å². The quantitative estimate of drug-likeness (QED) is 0.284. The summed E-state index contributed by atoms with van der Waals surface area (Å²) >= 11 is 0. The predicted octanol–water partition coefficient (Wildman–Crippen LogP) is 5.55. The first-order chi connectivity index (χ1) is 20.6. The van der Waals surface area contributed by atoms with Gasteiger partial charge in [0.25, 0.3) is 10.0 Å². The number of amides is 2. The van der Waals surface area contributed by atoms with Crippen molar-refractivity contribution < 1.29 is 27.5 Å². The molecule has 9 nitrogen and oxygen atoms in total. The molecule has 0 bridgehead atoms. The topological polar surface area (TPSA) is 105 Å². The molecule has 0 fully saturated rings. The number of benzene rings is 3. The van der Waals surface area contributed by atoms with Gasteiger partial charge in [-0.05, 0) is 88.9 Å². The van der Waals surface area contributed by atoms with E-state index in [2.05, 4.69) is 5.32 Å². The van der Waals surface area contributed by atoms with E-state index in [-0.39, 0.29) is 23.1 Å². The second-order valence-corrected chi connectivity index (χ2v) is 13.9. The zero-order valence-corrected chi connectivity index (χ0v) is 28.0. The van der Waals surface area contributed by atoms with E-state index in [1.54, 1.807) is 12.1 Å². The first kappa shape index (κ1) is 34.4. The van der Waals surface area contributed by atoms with Crippen molar-refractivity contribution in [3.63, 3.8) is 0 Å². The van der Waals surface area contributed by atoms with Gasteiger partial charge in [-0.15, -0.1) is 0 Å². The van der Waals surface area contributed by atoms with Gasteiger partial charge in [-0.25, -0.2) is 8.42 Å². The van der Waals surface area contributed by atoms with Crippen molar-refractivity contribution >= 4 is 27.5 Å². The molecule has 3 aromatic carbocycles. The maximum Gasteiger partial charge on any atom is 0.264 e. The molecular formula is C34H45N3O6S. The van der Waals surface area contributed by atoms with E-state index in [1.807, 2.05) is 78.8 Å². The van der Waals surface area contributed by atoms with Gasteiger partial charge in [-0.2, -0.15) is 0 Å². The van der Waals surface area contributed by atoms with Crippen LogP contribution in [0.25, 0.3) is 0 Å². The Hall–Kier alpha value is -4.05. The molecule has 1 unspecified atom stereocenters. The Morgan fingerprint density at radius 2 is 1.50 bits per heavy atom. The van der Waals surface area contributed by atoms with E-state index in [0.29, 0.717) is 17.9 Å². The van der Waals surface area contributed by atoms with Crippen LogP contribution in [0.3, 0.4) is 0 Å². The molecule has 0 aliphatic rings. The van der Waals surface area contributed by atoms with Gasteiger partial charge in [-0.1, -0.05) is 42.8 Å². The number of hydrogen-bond donors (Lipinski definition) is 1. The van der Waals surface area contributed by atoms with E-state index in [1.165, 1.54) is 37.3 Å². The monoisotopic (exact) mass is 623 g/mol. The van der Waals surface area contributed by atoms with Crippen molar-refractivity contribution in [2.24, 2.45) is 0 Å². The number of nitrogens with one attached hydrogen (secondary N) is 1. The molecule has 3 aromatic rings. The second kappa shape index (κ2) is 14.2. The fourth-order valence-corrected chi connectivity index (χ4v) is 6.52. The standard InChI is InChI=1S/C34H45N3O6S/c1-10-29(33(39)35-34(5,6)7)36(21-26-13-11-12-23(2)17-26)32(38)22-37(27-18-24(3)16-25(4)19-27)44(40,41)28-14-15-30(42-8)31(20-28)43-9/h11-20,29H,10,21-22H2,1-9H3,(H,35,39). The normalized spacial score (nSPS) is 12.3. The van der Waals surface area contributed by atoms with E-state index in [4.69, 9.17) is 9.47 Å². The number of methoxy groups -OCH3 is 2. The minimum atomic E-state index is -4.29. The van der Waals surface area contributed by atoms with Crippen LogP contribution in [-0.2, 0) is 26.2 Å². The minimum absolute atomic E-state index is 0.0649. The van der Waals surface area contributed by atoms with Crippen LogP contribution in [0, 0.1) is 20.8 Å². The third-order valence-electron chi connectivity index (χ3n) is 7.04. The van der Waals surface area contributed by atoms with E-state index < -0.39 is 34.1 Å². The number of sulfonamides is 1. The van der Waals surface area contributed by atoms with Crippen molar-refractivity contribution in [2.45, 2.75) is 77.9 Å². The van der Waals surface area contributed by atoms with Crippen molar-refractivity contribution in [3.05, 3.63) is 82.9 Å². The van der Waals surface area contributed by atoms with Crippen LogP contribution < -0.4 is 19.1 Å². The van der Waals surface area contributed by atoms with Crippen LogP contribution in [0.15, 0.2) is 65.6 Å². The number of carbonyl (C=O) groups is 2. The number of nitrogens with zero attached hydrogens (tertiary/aromatic N) is 2. The fraction of sp³-hybridized carbons (Fsp3) is 0.412. The van der Waals surface area contributed by atoms with Gasteiger partial charge < -0.3 is 19.7 Å². The highest BCUT2D eigenvalue weighted by atomic mass is 32.2. The maximum absolute atomic E-state index is 14.4. The molecule has 0 saturated heterocycles. The van der Waals surface area contributed by atoms with Crippen molar-refractivity contribution in [1.82, 2.24) is 10.2 Å². The minimum Gasteiger partial charge on any atom is -0.493 e.